The molecule has 0 saturated carbocycles. The number of benzene rings is 2. The van der Waals surface area contributed by atoms with E-state index in [9.17, 15) is 4.79 Å². The lowest BCUT2D eigenvalue weighted by molar-refractivity contribution is 0.0997. The standard InChI is InChI=1S/C19H15BrCl2N2OS/c1-3-24-17(12-7-8-15(21)16(22)10-12)11(2)26-19(24)23-18(25)13-5-4-6-14(20)9-13/h4-10H,3H2,1-2H3. The van der Waals surface area contributed by atoms with Gasteiger partial charge in [0.2, 0.25) is 0 Å². The van der Waals surface area contributed by atoms with Gasteiger partial charge in [-0.05, 0) is 44.2 Å². The Morgan fingerprint density at radius 1 is 1.19 bits per heavy atom. The zero-order chi connectivity index (χ0) is 18.8. The Kier molecular flexibility index (Phi) is 6.03. The van der Waals surface area contributed by atoms with Crippen molar-refractivity contribution in [2.75, 3.05) is 0 Å². The molecule has 134 valence electrons. The molecule has 0 radical (unpaired) electrons. The normalized spacial score (nSPS) is 11.8. The number of carbonyl (C=O) groups is 1. The Bertz CT molecular complexity index is 1060. The maximum absolute atomic E-state index is 12.6. The number of amides is 1. The molecule has 0 aliphatic carbocycles. The number of halogens is 3. The number of hydrogen-bond donors (Lipinski definition) is 0. The van der Waals surface area contributed by atoms with Gasteiger partial charge in [0.1, 0.15) is 0 Å². The van der Waals surface area contributed by atoms with Crippen molar-refractivity contribution in [3.05, 3.63) is 72.2 Å². The van der Waals surface area contributed by atoms with Crippen LogP contribution < -0.4 is 4.80 Å². The minimum absolute atomic E-state index is 0.268. The Labute approximate surface area is 174 Å². The molecule has 0 atom stereocenters. The second-order valence-corrected chi connectivity index (χ2v) is 8.50. The summed E-state index contributed by atoms with van der Waals surface area (Å²) in [5, 5.41) is 1.02. The summed E-state index contributed by atoms with van der Waals surface area (Å²) < 4.78 is 2.87. The Morgan fingerprint density at radius 2 is 1.96 bits per heavy atom. The van der Waals surface area contributed by atoms with Crippen LogP contribution in [0.25, 0.3) is 11.3 Å². The topological polar surface area (TPSA) is 34.4 Å². The van der Waals surface area contributed by atoms with Crippen LogP contribution >= 0.6 is 50.5 Å². The minimum atomic E-state index is -0.268. The highest BCUT2D eigenvalue weighted by molar-refractivity contribution is 9.10. The molecule has 3 rings (SSSR count). The van der Waals surface area contributed by atoms with E-state index in [1.807, 2.05) is 42.7 Å². The van der Waals surface area contributed by atoms with Gasteiger partial charge in [-0.2, -0.15) is 4.99 Å². The monoisotopic (exact) mass is 468 g/mol. The second-order valence-electron chi connectivity index (χ2n) is 5.59. The van der Waals surface area contributed by atoms with Crippen LogP contribution in [0, 0.1) is 6.92 Å². The third kappa shape index (κ3) is 3.96. The molecule has 1 heterocycles. The first-order chi connectivity index (χ1) is 12.4. The molecule has 0 N–H and O–H groups in total. The molecule has 7 heteroatoms. The van der Waals surface area contributed by atoms with Crippen LogP contribution in [0.3, 0.4) is 0 Å². The summed E-state index contributed by atoms with van der Waals surface area (Å²) >= 11 is 17.1. The number of hydrogen-bond acceptors (Lipinski definition) is 2. The number of nitrogens with zero attached hydrogens (tertiary/aromatic N) is 2. The summed E-state index contributed by atoms with van der Waals surface area (Å²) in [6, 6.07) is 12.8. The molecule has 2 aromatic carbocycles. The fourth-order valence-corrected chi connectivity index (χ4v) is 4.43. The van der Waals surface area contributed by atoms with Crippen LogP contribution in [0.5, 0.6) is 0 Å². The zero-order valence-electron chi connectivity index (χ0n) is 14.1. The number of carbonyl (C=O) groups excluding carboxylic acids is 1. The maximum atomic E-state index is 12.6. The highest BCUT2D eigenvalue weighted by Gasteiger charge is 2.14. The average Bonchev–Trinajstić information content (AvgIpc) is 2.92. The molecule has 0 unspecified atom stereocenters. The lowest BCUT2D eigenvalue weighted by Gasteiger charge is -2.08. The minimum Gasteiger partial charge on any atom is -0.316 e. The smallest absolute Gasteiger partial charge is 0.279 e. The average molecular weight is 470 g/mol. The van der Waals surface area contributed by atoms with Crippen LogP contribution in [0.2, 0.25) is 10.0 Å². The highest BCUT2D eigenvalue weighted by atomic mass is 79.9. The summed E-state index contributed by atoms with van der Waals surface area (Å²) in [5.41, 5.74) is 2.49. The SMILES string of the molecule is CCn1c(-c2ccc(Cl)c(Cl)c2)c(C)sc1=NC(=O)c1cccc(Br)c1. The summed E-state index contributed by atoms with van der Waals surface area (Å²) in [5.74, 6) is -0.268. The van der Waals surface area contributed by atoms with Crippen molar-refractivity contribution < 1.29 is 4.79 Å². The van der Waals surface area contributed by atoms with Crippen molar-refractivity contribution in [2.24, 2.45) is 4.99 Å². The molecule has 3 aromatic rings. The number of thiazole rings is 1. The molecule has 0 fully saturated rings. The van der Waals surface area contributed by atoms with Crippen LogP contribution in [0.15, 0.2) is 51.9 Å². The van der Waals surface area contributed by atoms with E-state index in [4.69, 9.17) is 23.2 Å². The maximum Gasteiger partial charge on any atom is 0.279 e. The molecule has 0 aliphatic rings. The van der Waals surface area contributed by atoms with Gasteiger partial charge in [0, 0.05) is 27.0 Å². The zero-order valence-corrected chi connectivity index (χ0v) is 18.0. The van der Waals surface area contributed by atoms with Crippen molar-refractivity contribution in [2.45, 2.75) is 20.4 Å². The van der Waals surface area contributed by atoms with E-state index >= 15 is 0 Å². The first-order valence-electron chi connectivity index (χ1n) is 7.91. The molecule has 26 heavy (non-hydrogen) atoms. The molecule has 0 spiro atoms. The van der Waals surface area contributed by atoms with E-state index in [2.05, 4.69) is 20.9 Å². The van der Waals surface area contributed by atoms with Crippen LogP contribution in [-0.2, 0) is 6.54 Å². The van der Waals surface area contributed by atoms with Crippen molar-refractivity contribution in [1.29, 1.82) is 0 Å². The molecular formula is C19H15BrCl2N2OS. The largest absolute Gasteiger partial charge is 0.316 e. The molecule has 0 aliphatic heterocycles. The van der Waals surface area contributed by atoms with Gasteiger partial charge in [-0.25, -0.2) is 0 Å². The Morgan fingerprint density at radius 3 is 2.62 bits per heavy atom. The summed E-state index contributed by atoms with van der Waals surface area (Å²) in [6.45, 7) is 4.72. The van der Waals surface area contributed by atoms with Gasteiger partial charge < -0.3 is 4.57 Å². The van der Waals surface area contributed by atoms with Crippen molar-refractivity contribution in [1.82, 2.24) is 4.57 Å². The van der Waals surface area contributed by atoms with Crippen LogP contribution in [-0.4, -0.2) is 10.5 Å². The van der Waals surface area contributed by atoms with Gasteiger partial charge in [-0.3, -0.25) is 4.79 Å². The number of aromatic nitrogens is 1. The highest BCUT2D eigenvalue weighted by Crippen LogP contribution is 2.31. The second kappa shape index (κ2) is 8.09. The summed E-state index contributed by atoms with van der Waals surface area (Å²) in [7, 11) is 0. The van der Waals surface area contributed by atoms with Crippen LogP contribution in [0.1, 0.15) is 22.2 Å². The van der Waals surface area contributed by atoms with E-state index in [1.165, 1.54) is 11.3 Å². The third-order valence-electron chi connectivity index (χ3n) is 3.86. The van der Waals surface area contributed by atoms with Crippen molar-refractivity contribution in [3.63, 3.8) is 0 Å². The van der Waals surface area contributed by atoms with E-state index in [0.717, 1.165) is 20.6 Å². The molecule has 0 bridgehead atoms. The predicted molar refractivity (Wildman–Crippen MR) is 112 cm³/mol. The number of aryl methyl sites for hydroxylation is 1. The van der Waals surface area contributed by atoms with Crippen molar-refractivity contribution >= 4 is 56.4 Å². The number of rotatable bonds is 3. The molecular weight excluding hydrogens is 455 g/mol. The van der Waals surface area contributed by atoms with E-state index in [0.29, 0.717) is 27.0 Å². The molecule has 0 saturated heterocycles. The van der Waals surface area contributed by atoms with Crippen LogP contribution in [0.4, 0.5) is 0 Å². The van der Waals surface area contributed by atoms with Gasteiger partial charge in [0.05, 0.1) is 15.7 Å². The van der Waals surface area contributed by atoms with E-state index < -0.39 is 0 Å². The Balaban J connectivity index is 2.12. The molecule has 1 aromatic heterocycles. The van der Waals surface area contributed by atoms with Gasteiger partial charge in [0.15, 0.2) is 4.80 Å². The van der Waals surface area contributed by atoms with Crippen molar-refractivity contribution in [3.8, 4) is 11.3 Å². The fourth-order valence-electron chi connectivity index (χ4n) is 2.68. The predicted octanol–water partition coefficient (Wildman–Crippen LogP) is 6.36. The quantitative estimate of drug-likeness (QED) is 0.439. The first kappa shape index (κ1) is 19.4. The summed E-state index contributed by atoms with van der Waals surface area (Å²) in [6.07, 6.45) is 0. The third-order valence-corrected chi connectivity index (χ3v) is 6.08. The van der Waals surface area contributed by atoms with E-state index in [-0.39, 0.29) is 5.91 Å². The van der Waals surface area contributed by atoms with Gasteiger partial charge >= 0.3 is 0 Å². The van der Waals surface area contributed by atoms with Gasteiger partial charge in [-0.1, -0.05) is 51.3 Å². The lowest BCUT2D eigenvalue weighted by Crippen LogP contribution is -2.17. The van der Waals surface area contributed by atoms with E-state index in [1.54, 1.807) is 18.2 Å². The summed E-state index contributed by atoms with van der Waals surface area (Å²) in [4.78, 5) is 18.6. The van der Waals surface area contributed by atoms with Gasteiger partial charge in [-0.15, -0.1) is 11.3 Å². The fraction of sp³-hybridized carbons (Fsp3) is 0.158. The Hall–Kier alpha value is -1.40. The molecule has 3 nitrogen and oxygen atoms in total. The lowest BCUT2D eigenvalue weighted by atomic mass is 10.1. The van der Waals surface area contributed by atoms with Gasteiger partial charge in [0.25, 0.3) is 5.91 Å². The first-order valence-corrected chi connectivity index (χ1v) is 10.3. The molecule has 1 amide bonds.